The number of nitrogens with zero attached hydrogens (tertiary/aromatic N) is 2. The Balaban J connectivity index is 1.77. The van der Waals surface area contributed by atoms with Crippen molar-refractivity contribution in [1.29, 1.82) is 0 Å². The van der Waals surface area contributed by atoms with Crippen LogP contribution in [0, 0.1) is 0 Å². The summed E-state index contributed by atoms with van der Waals surface area (Å²) in [5.74, 6) is -0.871. The van der Waals surface area contributed by atoms with E-state index in [1.54, 1.807) is 31.2 Å². The lowest BCUT2D eigenvalue weighted by atomic mass is 10.1. The lowest BCUT2D eigenvalue weighted by Crippen LogP contribution is -2.38. The van der Waals surface area contributed by atoms with E-state index in [4.69, 9.17) is 0 Å². The van der Waals surface area contributed by atoms with Gasteiger partial charge in [-0.2, -0.15) is 0 Å². The first kappa shape index (κ1) is 20.5. The molecule has 2 aromatic rings. The zero-order valence-corrected chi connectivity index (χ0v) is 17.3. The second kappa shape index (κ2) is 9.79. The third-order valence-corrected chi connectivity index (χ3v) is 5.65. The van der Waals surface area contributed by atoms with Gasteiger partial charge in [0, 0.05) is 22.9 Å². The first-order chi connectivity index (χ1) is 12.4. The Morgan fingerprint density at radius 2 is 1.81 bits per heavy atom. The molecule has 0 radical (unpaired) electrons. The molecule has 0 bridgehead atoms. The number of carbonyl (C=O) groups excluding carboxylic acids is 3. The molecule has 10 heteroatoms. The second-order valence-corrected chi connectivity index (χ2v) is 8.23. The lowest BCUT2D eigenvalue weighted by molar-refractivity contribution is -0.124. The van der Waals surface area contributed by atoms with Crippen molar-refractivity contribution in [3.05, 3.63) is 34.3 Å². The highest BCUT2D eigenvalue weighted by Crippen LogP contribution is 2.23. The van der Waals surface area contributed by atoms with Gasteiger partial charge in [0.15, 0.2) is 10.1 Å². The van der Waals surface area contributed by atoms with E-state index >= 15 is 0 Å². The van der Waals surface area contributed by atoms with E-state index in [1.807, 2.05) is 6.26 Å². The minimum Gasteiger partial charge on any atom is -0.346 e. The molecule has 138 valence electrons. The topological polar surface area (TPSA) is 101 Å². The summed E-state index contributed by atoms with van der Waals surface area (Å²) in [5, 5.41) is 13.3. The average Bonchev–Trinajstić information content (AvgIpc) is 3.07. The van der Waals surface area contributed by atoms with Gasteiger partial charge in [0.2, 0.25) is 16.9 Å². The van der Waals surface area contributed by atoms with Crippen LogP contribution in [0.1, 0.15) is 30.1 Å². The van der Waals surface area contributed by atoms with Crippen LogP contribution in [-0.2, 0) is 9.59 Å². The quantitative estimate of drug-likeness (QED) is 0.359. The van der Waals surface area contributed by atoms with Crippen LogP contribution in [0.5, 0.6) is 0 Å². The maximum atomic E-state index is 12.3. The van der Waals surface area contributed by atoms with E-state index in [2.05, 4.69) is 36.8 Å². The highest BCUT2D eigenvalue weighted by Gasteiger charge is 2.18. The highest BCUT2D eigenvalue weighted by atomic mass is 79.9. The van der Waals surface area contributed by atoms with E-state index in [-0.39, 0.29) is 30.4 Å². The van der Waals surface area contributed by atoms with Crippen molar-refractivity contribution >= 4 is 61.8 Å². The Labute approximate surface area is 167 Å². The van der Waals surface area contributed by atoms with Gasteiger partial charge in [-0.25, -0.2) is 0 Å². The third-order valence-electron chi connectivity index (χ3n) is 3.31. The van der Waals surface area contributed by atoms with Crippen LogP contribution in [0.3, 0.4) is 0 Å². The number of Topliss-reactive ketones (excluding diaryl/α,β-unsaturated/α-hetero) is 1. The Morgan fingerprint density at radius 3 is 2.42 bits per heavy atom. The van der Waals surface area contributed by atoms with Gasteiger partial charge in [-0.15, -0.1) is 10.2 Å². The van der Waals surface area contributed by atoms with Crippen LogP contribution in [0.25, 0.3) is 0 Å². The molecule has 0 saturated carbocycles. The first-order valence-corrected chi connectivity index (χ1v) is 10.5. The molecule has 0 aliphatic heterocycles. The maximum absolute atomic E-state index is 12.3. The molecule has 7 nitrogen and oxygen atoms in total. The van der Waals surface area contributed by atoms with Crippen LogP contribution in [0.15, 0.2) is 33.1 Å². The SMILES string of the molecule is CSc1nnc(NC(=O)CCC(=O)NC(C)C(=O)c2ccc(Br)cc2)s1. The van der Waals surface area contributed by atoms with Gasteiger partial charge in [-0.05, 0) is 25.3 Å². The average molecular weight is 457 g/mol. The van der Waals surface area contributed by atoms with Gasteiger partial charge in [0.1, 0.15) is 0 Å². The van der Waals surface area contributed by atoms with Crippen molar-refractivity contribution in [3.63, 3.8) is 0 Å². The highest BCUT2D eigenvalue weighted by molar-refractivity contribution is 9.10. The number of rotatable bonds is 8. The van der Waals surface area contributed by atoms with Crippen molar-refractivity contribution in [2.45, 2.75) is 30.1 Å². The largest absolute Gasteiger partial charge is 0.346 e. The van der Waals surface area contributed by atoms with E-state index in [9.17, 15) is 14.4 Å². The summed E-state index contributed by atoms with van der Waals surface area (Å²) in [6, 6.07) is 6.24. The Kier molecular flexibility index (Phi) is 7.73. The van der Waals surface area contributed by atoms with Gasteiger partial charge in [0.25, 0.3) is 0 Å². The monoisotopic (exact) mass is 456 g/mol. The molecule has 1 heterocycles. The summed E-state index contributed by atoms with van der Waals surface area (Å²) in [6.07, 6.45) is 1.85. The first-order valence-electron chi connectivity index (χ1n) is 7.65. The number of ketones is 1. The Bertz CT molecular complexity index is 795. The molecule has 0 spiro atoms. The standard InChI is InChI=1S/C16H17BrN4O3S2/c1-9(14(24)10-3-5-11(17)6-4-10)18-12(22)7-8-13(23)19-15-20-21-16(25-2)26-15/h3-6,9H,7-8H2,1-2H3,(H,18,22)(H,19,20,23). The second-order valence-electron chi connectivity index (χ2n) is 5.29. The van der Waals surface area contributed by atoms with Crippen LogP contribution in [0.4, 0.5) is 5.13 Å². The Morgan fingerprint density at radius 1 is 1.15 bits per heavy atom. The molecule has 2 amide bonds. The molecule has 0 fully saturated rings. The van der Waals surface area contributed by atoms with Crippen molar-refractivity contribution < 1.29 is 14.4 Å². The maximum Gasteiger partial charge on any atom is 0.226 e. The van der Waals surface area contributed by atoms with E-state index in [0.717, 1.165) is 8.81 Å². The fourth-order valence-corrected chi connectivity index (χ4v) is 3.45. The van der Waals surface area contributed by atoms with E-state index in [0.29, 0.717) is 10.7 Å². The number of hydrogen-bond acceptors (Lipinski definition) is 7. The number of hydrogen-bond donors (Lipinski definition) is 2. The summed E-state index contributed by atoms with van der Waals surface area (Å²) in [5.41, 5.74) is 0.514. The van der Waals surface area contributed by atoms with Crippen molar-refractivity contribution in [3.8, 4) is 0 Å². The molecule has 0 aliphatic carbocycles. The molecular formula is C16H17BrN4O3S2. The van der Waals surface area contributed by atoms with Gasteiger partial charge in [-0.3, -0.25) is 14.4 Å². The minimum atomic E-state index is -0.668. The summed E-state index contributed by atoms with van der Waals surface area (Å²) in [4.78, 5) is 36.1. The summed E-state index contributed by atoms with van der Waals surface area (Å²) in [7, 11) is 0. The fraction of sp³-hybridized carbons (Fsp3) is 0.312. The third kappa shape index (κ3) is 6.19. The summed E-state index contributed by atoms with van der Waals surface area (Å²) in [6.45, 7) is 1.62. The number of anilines is 1. The van der Waals surface area contributed by atoms with Crippen LogP contribution >= 0.6 is 39.0 Å². The van der Waals surface area contributed by atoms with Gasteiger partial charge < -0.3 is 10.6 Å². The number of halogens is 1. The minimum absolute atomic E-state index is 0.000785. The molecule has 2 N–H and O–H groups in total. The number of nitrogens with one attached hydrogen (secondary N) is 2. The zero-order valence-electron chi connectivity index (χ0n) is 14.1. The van der Waals surface area contributed by atoms with Crippen LogP contribution < -0.4 is 10.6 Å². The molecule has 1 aromatic heterocycles. The molecule has 1 unspecified atom stereocenters. The van der Waals surface area contributed by atoms with Crippen LogP contribution in [0.2, 0.25) is 0 Å². The van der Waals surface area contributed by atoms with Crippen molar-refractivity contribution in [2.24, 2.45) is 0 Å². The number of benzene rings is 1. The normalized spacial score (nSPS) is 11.7. The molecule has 2 rings (SSSR count). The van der Waals surface area contributed by atoms with Gasteiger partial charge in [0.05, 0.1) is 6.04 Å². The fourth-order valence-electron chi connectivity index (χ4n) is 1.99. The predicted molar refractivity (Wildman–Crippen MR) is 106 cm³/mol. The van der Waals surface area contributed by atoms with Gasteiger partial charge in [-0.1, -0.05) is 51.2 Å². The predicted octanol–water partition coefficient (Wildman–Crippen LogP) is 3.13. The molecular weight excluding hydrogens is 440 g/mol. The van der Waals surface area contributed by atoms with Gasteiger partial charge >= 0.3 is 0 Å². The van der Waals surface area contributed by atoms with Crippen molar-refractivity contribution in [2.75, 3.05) is 11.6 Å². The Hall–Kier alpha value is -1.78. The number of aromatic nitrogens is 2. The molecule has 1 aromatic carbocycles. The molecule has 1 atom stereocenters. The molecule has 0 saturated heterocycles. The number of thioether (sulfide) groups is 1. The summed E-state index contributed by atoms with van der Waals surface area (Å²) >= 11 is 6.01. The lowest BCUT2D eigenvalue weighted by Gasteiger charge is -2.13. The van der Waals surface area contributed by atoms with E-state index < -0.39 is 6.04 Å². The number of amides is 2. The number of carbonyl (C=O) groups is 3. The molecule has 26 heavy (non-hydrogen) atoms. The van der Waals surface area contributed by atoms with Crippen molar-refractivity contribution in [1.82, 2.24) is 15.5 Å². The van der Waals surface area contributed by atoms with E-state index in [1.165, 1.54) is 23.1 Å². The zero-order chi connectivity index (χ0) is 19.1. The molecule has 0 aliphatic rings. The summed E-state index contributed by atoms with van der Waals surface area (Å²) < 4.78 is 1.62. The van der Waals surface area contributed by atoms with Crippen LogP contribution in [-0.4, -0.2) is 40.1 Å². The smallest absolute Gasteiger partial charge is 0.226 e.